The standard InChI is InChI=1S/C14H12BrNO4/c15-7-2-1-3-8(6-7)16-13(17)11-9-4-5-10(20-9)12(11)14(18)19/h1-6,9-12H,(H,16,17)(H,18,19)/t9-,10-,11-,12+/m1/s1. The highest BCUT2D eigenvalue weighted by Crippen LogP contribution is 2.39. The van der Waals surface area contributed by atoms with Gasteiger partial charge in [-0.25, -0.2) is 0 Å². The van der Waals surface area contributed by atoms with Gasteiger partial charge in [-0.2, -0.15) is 0 Å². The second-order valence-electron chi connectivity index (χ2n) is 4.84. The number of ether oxygens (including phenoxy) is 1. The van der Waals surface area contributed by atoms with Crippen LogP contribution in [0.15, 0.2) is 40.9 Å². The first kappa shape index (κ1) is 13.3. The predicted molar refractivity (Wildman–Crippen MR) is 75.2 cm³/mol. The molecule has 4 atom stereocenters. The lowest BCUT2D eigenvalue weighted by molar-refractivity contribution is -0.145. The van der Waals surface area contributed by atoms with Gasteiger partial charge in [-0.05, 0) is 18.2 Å². The summed E-state index contributed by atoms with van der Waals surface area (Å²) in [6.07, 6.45) is 2.52. The fourth-order valence-corrected chi connectivity index (χ4v) is 3.11. The van der Waals surface area contributed by atoms with Crippen molar-refractivity contribution >= 4 is 33.5 Å². The molecular formula is C14H12BrNO4. The highest BCUT2D eigenvalue weighted by molar-refractivity contribution is 9.10. The van der Waals surface area contributed by atoms with Crippen LogP contribution in [0.4, 0.5) is 5.69 Å². The lowest BCUT2D eigenvalue weighted by Gasteiger charge is -2.21. The van der Waals surface area contributed by atoms with Crippen molar-refractivity contribution in [1.82, 2.24) is 0 Å². The van der Waals surface area contributed by atoms with Gasteiger partial charge in [-0.15, -0.1) is 0 Å². The van der Waals surface area contributed by atoms with E-state index in [1.54, 1.807) is 30.4 Å². The third kappa shape index (κ3) is 2.25. The van der Waals surface area contributed by atoms with Crippen molar-refractivity contribution in [2.75, 3.05) is 5.32 Å². The average Bonchev–Trinajstić information content (AvgIpc) is 2.98. The zero-order valence-corrected chi connectivity index (χ0v) is 11.9. The van der Waals surface area contributed by atoms with E-state index in [2.05, 4.69) is 21.2 Å². The van der Waals surface area contributed by atoms with E-state index in [9.17, 15) is 14.7 Å². The molecule has 2 heterocycles. The van der Waals surface area contributed by atoms with Crippen molar-refractivity contribution < 1.29 is 19.4 Å². The van der Waals surface area contributed by atoms with Crippen LogP contribution in [0.25, 0.3) is 0 Å². The molecule has 2 N–H and O–H groups in total. The molecule has 0 radical (unpaired) electrons. The fourth-order valence-electron chi connectivity index (χ4n) is 2.71. The lowest BCUT2D eigenvalue weighted by atomic mass is 9.82. The normalized spacial score (nSPS) is 30.4. The number of benzene rings is 1. The van der Waals surface area contributed by atoms with Crippen molar-refractivity contribution in [2.24, 2.45) is 11.8 Å². The van der Waals surface area contributed by atoms with Crippen LogP contribution in [0.5, 0.6) is 0 Å². The molecule has 104 valence electrons. The molecule has 1 aromatic rings. The molecule has 1 amide bonds. The molecule has 0 spiro atoms. The van der Waals surface area contributed by atoms with Crippen LogP contribution in [0.1, 0.15) is 0 Å². The number of hydrogen-bond acceptors (Lipinski definition) is 3. The number of carbonyl (C=O) groups is 2. The molecular weight excluding hydrogens is 326 g/mol. The van der Waals surface area contributed by atoms with E-state index in [4.69, 9.17) is 4.74 Å². The first-order chi connectivity index (χ1) is 9.56. The number of carbonyl (C=O) groups excluding carboxylic acids is 1. The second kappa shape index (κ2) is 5.03. The summed E-state index contributed by atoms with van der Waals surface area (Å²) < 4.78 is 6.32. The van der Waals surface area contributed by atoms with Crippen molar-refractivity contribution in [3.8, 4) is 0 Å². The number of hydrogen-bond donors (Lipinski definition) is 2. The van der Waals surface area contributed by atoms with Gasteiger partial charge in [-0.1, -0.05) is 34.1 Å². The topological polar surface area (TPSA) is 75.6 Å². The fraction of sp³-hybridized carbons (Fsp3) is 0.286. The Balaban J connectivity index is 1.80. The monoisotopic (exact) mass is 337 g/mol. The van der Waals surface area contributed by atoms with Crippen LogP contribution in [-0.2, 0) is 14.3 Å². The molecule has 0 aliphatic carbocycles. The summed E-state index contributed by atoms with van der Waals surface area (Å²) in [5.41, 5.74) is 0.625. The Morgan fingerprint density at radius 1 is 1.20 bits per heavy atom. The Morgan fingerprint density at radius 2 is 1.90 bits per heavy atom. The second-order valence-corrected chi connectivity index (χ2v) is 5.76. The van der Waals surface area contributed by atoms with Crippen molar-refractivity contribution in [1.29, 1.82) is 0 Å². The smallest absolute Gasteiger partial charge is 0.310 e. The summed E-state index contributed by atoms with van der Waals surface area (Å²) in [5, 5.41) is 12.0. The van der Waals surface area contributed by atoms with E-state index in [0.29, 0.717) is 5.69 Å². The summed E-state index contributed by atoms with van der Waals surface area (Å²) in [4.78, 5) is 23.6. The molecule has 5 nitrogen and oxygen atoms in total. The number of halogens is 1. The number of amides is 1. The van der Waals surface area contributed by atoms with Gasteiger partial charge in [0.2, 0.25) is 5.91 Å². The van der Waals surface area contributed by atoms with Crippen LogP contribution in [0.3, 0.4) is 0 Å². The van der Waals surface area contributed by atoms with Crippen LogP contribution in [0, 0.1) is 11.8 Å². The molecule has 20 heavy (non-hydrogen) atoms. The van der Waals surface area contributed by atoms with Crippen molar-refractivity contribution in [3.63, 3.8) is 0 Å². The maximum absolute atomic E-state index is 12.3. The summed E-state index contributed by atoms with van der Waals surface area (Å²) in [6, 6.07) is 7.16. The van der Waals surface area contributed by atoms with Crippen LogP contribution in [-0.4, -0.2) is 29.2 Å². The van der Waals surface area contributed by atoms with E-state index < -0.39 is 30.0 Å². The van der Waals surface area contributed by atoms with Gasteiger partial charge in [-0.3, -0.25) is 9.59 Å². The maximum atomic E-state index is 12.3. The number of carboxylic acids is 1. The summed E-state index contributed by atoms with van der Waals surface area (Å²) >= 11 is 3.32. The van der Waals surface area contributed by atoms with Gasteiger partial charge in [0, 0.05) is 10.2 Å². The summed E-state index contributed by atoms with van der Waals surface area (Å²) in [5.74, 6) is -2.85. The summed E-state index contributed by atoms with van der Waals surface area (Å²) in [7, 11) is 0. The minimum Gasteiger partial charge on any atom is -0.481 e. The number of aliphatic carboxylic acids is 1. The highest BCUT2D eigenvalue weighted by Gasteiger charge is 2.53. The van der Waals surface area contributed by atoms with Gasteiger partial charge in [0.05, 0.1) is 18.1 Å². The molecule has 0 unspecified atom stereocenters. The zero-order valence-electron chi connectivity index (χ0n) is 10.3. The summed E-state index contributed by atoms with van der Waals surface area (Å²) in [6.45, 7) is 0. The van der Waals surface area contributed by atoms with E-state index in [0.717, 1.165) is 4.47 Å². The first-order valence-electron chi connectivity index (χ1n) is 6.19. The lowest BCUT2D eigenvalue weighted by Crippen LogP contribution is -2.39. The molecule has 2 aliphatic heterocycles. The van der Waals surface area contributed by atoms with Gasteiger partial charge in [0.15, 0.2) is 0 Å². The highest BCUT2D eigenvalue weighted by atomic mass is 79.9. The van der Waals surface area contributed by atoms with Gasteiger partial charge in [0.25, 0.3) is 0 Å². The van der Waals surface area contributed by atoms with Crippen LogP contribution >= 0.6 is 15.9 Å². The molecule has 2 bridgehead atoms. The quantitative estimate of drug-likeness (QED) is 0.827. The largest absolute Gasteiger partial charge is 0.481 e. The Hall–Kier alpha value is -1.66. The van der Waals surface area contributed by atoms with Crippen LogP contribution < -0.4 is 5.32 Å². The van der Waals surface area contributed by atoms with Gasteiger partial charge in [0.1, 0.15) is 5.92 Å². The molecule has 6 heteroatoms. The first-order valence-corrected chi connectivity index (χ1v) is 6.98. The van der Waals surface area contributed by atoms with E-state index >= 15 is 0 Å². The SMILES string of the molecule is O=C(O)[C@@H]1[C@H](C(=O)Nc2cccc(Br)c2)[C@H]2C=C[C@H]1O2. The number of rotatable bonds is 3. The molecule has 1 aromatic carbocycles. The number of carboxylic acid groups (broad SMARTS) is 1. The van der Waals surface area contributed by atoms with Gasteiger partial charge < -0.3 is 15.2 Å². The number of fused-ring (bicyclic) bond motifs is 2. The van der Waals surface area contributed by atoms with E-state index in [-0.39, 0.29) is 5.91 Å². The number of anilines is 1. The predicted octanol–water partition coefficient (Wildman–Crippen LogP) is 2.04. The molecule has 2 aliphatic rings. The molecule has 0 aromatic heterocycles. The molecule has 1 fully saturated rings. The molecule has 0 saturated carbocycles. The Bertz CT molecular complexity index is 601. The average molecular weight is 338 g/mol. The number of nitrogens with one attached hydrogen (secondary N) is 1. The third-order valence-electron chi connectivity index (χ3n) is 3.58. The van der Waals surface area contributed by atoms with Crippen molar-refractivity contribution in [3.05, 3.63) is 40.9 Å². The Morgan fingerprint density at radius 3 is 2.55 bits per heavy atom. The Kier molecular flexibility index (Phi) is 3.35. The third-order valence-corrected chi connectivity index (χ3v) is 4.07. The van der Waals surface area contributed by atoms with Gasteiger partial charge >= 0.3 is 5.97 Å². The minimum absolute atomic E-state index is 0.327. The zero-order chi connectivity index (χ0) is 14.3. The molecule has 1 saturated heterocycles. The van der Waals surface area contributed by atoms with E-state index in [1.165, 1.54) is 0 Å². The van der Waals surface area contributed by atoms with E-state index in [1.807, 2.05) is 6.07 Å². The Labute approximate surface area is 123 Å². The molecule has 3 rings (SSSR count). The minimum atomic E-state index is -1.00. The van der Waals surface area contributed by atoms with Crippen molar-refractivity contribution in [2.45, 2.75) is 12.2 Å². The maximum Gasteiger partial charge on any atom is 0.310 e. The van der Waals surface area contributed by atoms with Crippen LogP contribution in [0.2, 0.25) is 0 Å².